The lowest BCUT2D eigenvalue weighted by molar-refractivity contribution is 0.155. The Morgan fingerprint density at radius 1 is 1.53 bits per heavy atom. The van der Waals surface area contributed by atoms with E-state index in [2.05, 4.69) is 0 Å². The van der Waals surface area contributed by atoms with Gasteiger partial charge in [0.1, 0.15) is 6.10 Å². The van der Waals surface area contributed by atoms with Crippen molar-refractivity contribution in [2.45, 2.75) is 23.7 Å². The van der Waals surface area contributed by atoms with Crippen LogP contribution in [0.5, 0.6) is 0 Å². The van der Waals surface area contributed by atoms with Crippen LogP contribution in [-0.4, -0.2) is 24.0 Å². The highest BCUT2D eigenvalue weighted by molar-refractivity contribution is 7.93. The average molecular weight is 278 g/mol. The fourth-order valence-electron chi connectivity index (χ4n) is 1.64. The fraction of sp³-hybridized carbons (Fsp3) is 0.455. The molecule has 96 valence electrons. The first-order valence-electron chi connectivity index (χ1n) is 5.14. The molecule has 1 aromatic rings. The number of nitrogens with two attached hydrogens (primary N) is 1. The molecule has 0 saturated heterocycles. The number of halogens is 1. The van der Waals surface area contributed by atoms with E-state index >= 15 is 0 Å². The van der Waals surface area contributed by atoms with E-state index in [0.29, 0.717) is 11.3 Å². The number of nitrogen functional groups attached to an aromatic ring is 1. The molecule has 0 radical (unpaired) electrons. The standard InChI is InChI=1S/C11H16ClNO3S/c1-3-11(12,17(2,15)16)10(14)8-5-4-6-9(13)7-8/h4-7,10,14H,3,13H2,1-2H3/t10-,11-/m1/s1. The molecule has 17 heavy (non-hydrogen) atoms. The van der Waals surface area contributed by atoms with Crippen LogP contribution in [0.15, 0.2) is 24.3 Å². The predicted molar refractivity (Wildman–Crippen MR) is 69.5 cm³/mol. The summed E-state index contributed by atoms with van der Waals surface area (Å²) in [6.07, 6.45) is -0.199. The van der Waals surface area contributed by atoms with Crippen LogP contribution in [0.25, 0.3) is 0 Å². The topological polar surface area (TPSA) is 80.4 Å². The third kappa shape index (κ3) is 2.73. The highest BCUT2D eigenvalue weighted by atomic mass is 35.5. The van der Waals surface area contributed by atoms with Gasteiger partial charge in [-0.3, -0.25) is 0 Å². The van der Waals surface area contributed by atoms with E-state index in [1.54, 1.807) is 25.1 Å². The molecule has 0 spiro atoms. The van der Waals surface area contributed by atoms with Crippen LogP contribution < -0.4 is 5.73 Å². The van der Waals surface area contributed by atoms with Crippen LogP contribution in [0, 0.1) is 0 Å². The van der Waals surface area contributed by atoms with Crippen molar-refractivity contribution >= 4 is 27.1 Å². The van der Waals surface area contributed by atoms with Gasteiger partial charge in [0.15, 0.2) is 14.0 Å². The van der Waals surface area contributed by atoms with Gasteiger partial charge in [0, 0.05) is 11.9 Å². The number of aliphatic hydroxyl groups is 1. The Labute approximate surface area is 106 Å². The van der Waals surface area contributed by atoms with E-state index in [1.165, 1.54) is 6.07 Å². The van der Waals surface area contributed by atoms with E-state index in [4.69, 9.17) is 17.3 Å². The van der Waals surface area contributed by atoms with Gasteiger partial charge < -0.3 is 10.8 Å². The van der Waals surface area contributed by atoms with Crippen molar-refractivity contribution in [2.24, 2.45) is 0 Å². The van der Waals surface area contributed by atoms with Gasteiger partial charge in [-0.1, -0.05) is 30.7 Å². The van der Waals surface area contributed by atoms with E-state index < -0.39 is 20.1 Å². The highest BCUT2D eigenvalue weighted by Gasteiger charge is 2.44. The molecule has 0 aliphatic carbocycles. The Balaban J connectivity index is 3.24. The van der Waals surface area contributed by atoms with Gasteiger partial charge in [-0.15, -0.1) is 0 Å². The van der Waals surface area contributed by atoms with Gasteiger partial charge in [0.2, 0.25) is 0 Å². The van der Waals surface area contributed by atoms with Crippen molar-refractivity contribution in [1.82, 2.24) is 0 Å². The SMILES string of the molecule is CC[C@](Cl)([C@H](O)c1cccc(N)c1)S(C)(=O)=O. The second kappa shape index (κ2) is 4.84. The van der Waals surface area contributed by atoms with Crippen LogP contribution >= 0.6 is 11.6 Å². The molecular formula is C11H16ClNO3S. The molecule has 0 aliphatic heterocycles. The van der Waals surface area contributed by atoms with Gasteiger partial charge in [0.25, 0.3) is 0 Å². The summed E-state index contributed by atoms with van der Waals surface area (Å²) < 4.78 is 21.6. The van der Waals surface area contributed by atoms with Crippen LogP contribution in [0.2, 0.25) is 0 Å². The van der Waals surface area contributed by atoms with Gasteiger partial charge in [-0.25, -0.2) is 8.42 Å². The van der Waals surface area contributed by atoms with Crippen molar-refractivity contribution in [2.75, 3.05) is 12.0 Å². The fourth-order valence-corrected chi connectivity index (χ4v) is 2.83. The first kappa shape index (κ1) is 14.3. The van der Waals surface area contributed by atoms with Crippen molar-refractivity contribution in [3.05, 3.63) is 29.8 Å². The smallest absolute Gasteiger partial charge is 0.174 e. The molecule has 2 atom stereocenters. The Hall–Kier alpha value is -0.780. The third-order valence-electron chi connectivity index (χ3n) is 2.73. The number of hydrogen-bond acceptors (Lipinski definition) is 4. The monoisotopic (exact) mass is 277 g/mol. The summed E-state index contributed by atoms with van der Waals surface area (Å²) in [5.74, 6) is 0. The molecule has 1 rings (SSSR count). The van der Waals surface area contributed by atoms with Crippen LogP contribution in [0.4, 0.5) is 5.69 Å². The van der Waals surface area contributed by atoms with Gasteiger partial charge in [-0.05, 0) is 24.1 Å². The summed E-state index contributed by atoms with van der Waals surface area (Å²) in [7, 11) is -3.60. The molecule has 0 aromatic heterocycles. The summed E-state index contributed by atoms with van der Waals surface area (Å²) in [5, 5.41) is 10.1. The second-order valence-corrected chi connectivity index (χ2v) is 7.16. The quantitative estimate of drug-likeness (QED) is 0.648. The van der Waals surface area contributed by atoms with Crippen molar-refractivity contribution < 1.29 is 13.5 Å². The zero-order valence-corrected chi connectivity index (χ0v) is 11.3. The Morgan fingerprint density at radius 2 is 2.12 bits per heavy atom. The summed E-state index contributed by atoms with van der Waals surface area (Å²) >= 11 is 6.06. The summed E-state index contributed by atoms with van der Waals surface area (Å²) in [6, 6.07) is 6.41. The van der Waals surface area contributed by atoms with Crippen molar-refractivity contribution in [3.8, 4) is 0 Å². The first-order valence-corrected chi connectivity index (χ1v) is 7.41. The molecule has 0 saturated carbocycles. The maximum atomic E-state index is 11.7. The molecule has 6 heteroatoms. The molecule has 3 N–H and O–H groups in total. The minimum Gasteiger partial charge on any atom is -0.399 e. The first-order chi connectivity index (χ1) is 7.72. The maximum Gasteiger partial charge on any atom is 0.174 e. The van der Waals surface area contributed by atoms with Gasteiger partial charge >= 0.3 is 0 Å². The van der Waals surface area contributed by atoms with Gasteiger partial charge in [0.05, 0.1) is 0 Å². The lowest BCUT2D eigenvalue weighted by Gasteiger charge is -2.29. The predicted octanol–water partition coefficient (Wildman–Crippen LogP) is 1.69. The lowest BCUT2D eigenvalue weighted by Crippen LogP contribution is -2.37. The number of benzene rings is 1. The number of sulfone groups is 1. The Bertz CT molecular complexity index is 503. The lowest BCUT2D eigenvalue weighted by atomic mass is 10.0. The number of rotatable bonds is 4. The largest absolute Gasteiger partial charge is 0.399 e. The molecule has 4 nitrogen and oxygen atoms in total. The molecule has 1 aromatic carbocycles. The number of hydrogen-bond donors (Lipinski definition) is 2. The minimum absolute atomic E-state index is 0.101. The Kier molecular flexibility index (Phi) is 4.06. The Morgan fingerprint density at radius 3 is 2.53 bits per heavy atom. The number of alkyl halides is 1. The zero-order valence-electron chi connectivity index (χ0n) is 9.72. The van der Waals surface area contributed by atoms with E-state index in [-0.39, 0.29) is 6.42 Å². The average Bonchev–Trinajstić information content (AvgIpc) is 2.25. The molecule has 0 fully saturated rings. The summed E-state index contributed by atoms with van der Waals surface area (Å²) in [5.41, 5.74) is 6.43. The zero-order chi connectivity index (χ0) is 13.3. The van der Waals surface area contributed by atoms with Crippen LogP contribution in [0.1, 0.15) is 25.0 Å². The van der Waals surface area contributed by atoms with Crippen LogP contribution in [0.3, 0.4) is 0 Å². The van der Waals surface area contributed by atoms with Crippen molar-refractivity contribution in [1.29, 1.82) is 0 Å². The van der Waals surface area contributed by atoms with Crippen LogP contribution in [-0.2, 0) is 9.84 Å². The molecular weight excluding hydrogens is 262 g/mol. The van der Waals surface area contributed by atoms with E-state index in [9.17, 15) is 13.5 Å². The third-order valence-corrected chi connectivity index (χ3v) is 5.79. The van der Waals surface area contributed by atoms with Gasteiger partial charge in [-0.2, -0.15) is 0 Å². The summed E-state index contributed by atoms with van der Waals surface area (Å²) in [4.78, 5) is 0. The van der Waals surface area contributed by atoms with E-state index in [0.717, 1.165) is 6.26 Å². The molecule has 0 unspecified atom stereocenters. The second-order valence-electron chi connectivity index (χ2n) is 3.98. The molecule has 0 amide bonds. The van der Waals surface area contributed by atoms with Crippen molar-refractivity contribution in [3.63, 3.8) is 0 Å². The normalized spacial score (nSPS) is 17.4. The minimum atomic E-state index is -3.60. The summed E-state index contributed by atoms with van der Waals surface area (Å²) in [6.45, 7) is 1.61. The highest BCUT2D eigenvalue weighted by Crippen LogP contribution is 2.39. The maximum absolute atomic E-state index is 11.7. The number of aliphatic hydroxyl groups excluding tert-OH is 1. The molecule has 0 heterocycles. The van der Waals surface area contributed by atoms with E-state index in [1.807, 2.05) is 0 Å². The molecule has 0 aliphatic rings. The number of anilines is 1. The molecule has 0 bridgehead atoms.